The Morgan fingerprint density at radius 1 is 1.19 bits per heavy atom. The van der Waals surface area contributed by atoms with Crippen molar-refractivity contribution in [2.45, 2.75) is 44.4 Å². The summed E-state index contributed by atoms with van der Waals surface area (Å²) in [6.45, 7) is 4.41. The maximum atomic E-state index is 6.05. The first-order chi connectivity index (χ1) is 10.3. The van der Waals surface area contributed by atoms with Gasteiger partial charge in [-0.15, -0.1) is 0 Å². The van der Waals surface area contributed by atoms with E-state index < -0.39 is 0 Å². The quantitative estimate of drug-likeness (QED) is 0.925. The van der Waals surface area contributed by atoms with Gasteiger partial charge >= 0.3 is 0 Å². The van der Waals surface area contributed by atoms with Crippen LogP contribution in [0.2, 0.25) is 0 Å². The molecule has 3 aliphatic rings. The fraction of sp³-hybridized carbons (Fsp3) is 0.647. The van der Waals surface area contributed by atoms with E-state index in [4.69, 9.17) is 14.2 Å². The van der Waals surface area contributed by atoms with Gasteiger partial charge in [-0.05, 0) is 43.5 Å². The predicted molar refractivity (Wildman–Crippen MR) is 79.9 cm³/mol. The average molecular weight is 289 g/mol. The molecule has 0 aromatic heterocycles. The van der Waals surface area contributed by atoms with Crippen LogP contribution >= 0.6 is 0 Å². The molecular formula is C17H23NO3. The lowest BCUT2D eigenvalue weighted by Gasteiger charge is -2.30. The molecule has 2 saturated heterocycles. The SMILES string of the molecule is CCNC(c1ccc2c(c1)OCCO2)C1CC2CCC1O2. The summed E-state index contributed by atoms with van der Waals surface area (Å²) in [5, 5.41) is 3.66. The number of benzene rings is 1. The van der Waals surface area contributed by atoms with Crippen molar-refractivity contribution in [3.63, 3.8) is 0 Å². The van der Waals surface area contributed by atoms with Gasteiger partial charge in [0.1, 0.15) is 13.2 Å². The molecule has 1 aromatic rings. The molecule has 0 aliphatic carbocycles. The first-order valence-corrected chi connectivity index (χ1v) is 8.13. The second-order valence-electron chi connectivity index (χ2n) is 6.21. The van der Waals surface area contributed by atoms with Gasteiger partial charge in [-0.3, -0.25) is 0 Å². The summed E-state index contributed by atoms with van der Waals surface area (Å²) in [5.41, 5.74) is 1.29. The number of rotatable bonds is 4. The monoisotopic (exact) mass is 289 g/mol. The molecule has 4 unspecified atom stereocenters. The fourth-order valence-electron chi connectivity index (χ4n) is 4.02. The Hall–Kier alpha value is -1.26. The molecule has 3 heterocycles. The van der Waals surface area contributed by atoms with Gasteiger partial charge in [0.05, 0.1) is 12.2 Å². The Kier molecular flexibility index (Phi) is 3.51. The van der Waals surface area contributed by atoms with Gasteiger partial charge < -0.3 is 19.5 Å². The summed E-state index contributed by atoms with van der Waals surface area (Å²) in [4.78, 5) is 0. The van der Waals surface area contributed by atoms with E-state index in [0.717, 1.165) is 18.0 Å². The number of fused-ring (bicyclic) bond motifs is 3. The van der Waals surface area contributed by atoms with Gasteiger partial charge in [0.15, 0.2) is 11.5 Å². The molecule has 3 aliphatic heterocycles. The zero-order chi connectivity index (χ0) is 14.2. The van der Waals surface area contributed by atoms with Gasteiger partial charge in [0.25, 0.3) is 0 Å². The minimum atomic E-state index is 0.348. The second-order valence-corrected chi connectivity index (χ2v) is 6.21. The highest BCUT2D eigenvalue weighted by Gasteiger charge is 2.44. The van der Waals surface area contributed by atoms with Crippen LogP contribution in [0.5, 0.6) is 11.5 Å². The van der Waals surface area contributed by atoms with E-state index >= 15 is 0 Å². The van der Waals surface area contributed by atoms with E-state index in [2.05, 4.69) is 24.4 Å². The molecule has 4 rings (SSSR count). The first kappa shape index (κ1) is 13.4. The highest BCUT2D eigenvalue weighted by Crippen LogP contribution is 2.45. The van der Waals surface area contributed by atoms with Crippen LogP contribution in [0.1, 0.15) is 37.8 Å². The highest BCUT2D eigenvalue weighted by atomic mass is 16.6. The number of hydrogen-bond donors (Lipinski definition) is 1. The van der Waals surface area contributed by atoms with Gasteiger partial charge in [-0.1, -0.05) is 13.0 Å². The van der Waals surface area contributed by atoms with Crippen molar-refractivity contribution in [1.29, 1.82) is 0 Å². The highest BCUT2D eigenvalue weighted by molar-refractivity contribution is 5.45. The Morgan fingerprint density at radius 3 is 2.76 bits per heavy atom. The van der Waals surface area contributed by atoms with Crippen LogP contribution in [0.4, 0.5) is 0 Å². The van der Waals surface area contributed by atoms with Crippen molar-refractivity contribution in [1.82, 2.24) is 5.32 Å². The topological polar surface area (TPSA) is 39.7 Å². The third kappa shape index (κ3) is 2.40. The van der Waals surface area contributed by atoms with Crippen LogP contribution in [-0.2, 0) is 4.74 Å². The standard InChI is InChI=1S/C17H23NO3/c1-2-18-17(13-10-12-4-6-14(13)21-12)11-3-5-15-16(9-11)20-8-7-19-15/h3,5,9,12-14,17-18H,2,4,6-8,10H2,1H3. The van der Waals surface area contributed by atoms with E-state index in [9.17, 15) is 0 Å². The minimum Gasteiger partial charge on any atom is -0.486 e. The second kappa shape index (κ2) is 5.50. The fourth-order valence-corrected chi connectivity index (χ4v) is 4.02. The van der Waals surface area contributed by atoms with Crippen LogP contribution in [0, 0.1) is 5.92 Å². The Balaban J connectivity index is 1.61. The van der Waals surface area contributed by atoms with Crippen molar-refractivity contribution < 1.29 is 14.2 Å². The van der Waals surface area contributed by atoms with Crippen molar-refractivity contribution in [2.75, 3.05) is 19.8 Å². The third-order valence-electron chi connectivity index (χ3n) is 4.93. The van der Waals surface area contributed by atoms with E-state index in [0.29, 0.717) is 37.4 Å². The van der Waals surface area contributed by atoms with E-state index in [1.807, 2.05) is 6.07 Å². The van der Waals surface area contributed by atoms with Crippen LogP contribution < -0.4 is 14.8 Å². The summed E-state index contributed by atoms with van der Waals surface area (Å²) in [5.74, 6) is 2.32. The summed E-state index contributed by atoms with van der Waals surface area (Å²) < 4.78 is 17.4. The Bertz CT molecular complexity index is 519. The van der Waals surface area contributed by atoms with Crippen LogP contribution in [0.25, 0.3) is 0 Å². The van der Waals surface area contributed by atoms with Crippen LogP contribution in [0.15, 0.2) is 18.2 Å². The van der Waals surface area contributed by atoms with Crippen molar-refractivity contribution in [3.8, 4) is 11.5 Å². The van der Waals surface area contributed by atoms with Crippen LogP contribution in [0.3, 0.4) is 0 Å². The largest absolute Gasteiger partial charge is 0.486 e. The minimum absolute atomic E-state index is 0.348. The van der Waals surface area contributed by atoms with Gasteiger partial charge in [-0.2, -0.15) is 0 Å². The lowest BCUT2D eigenvalue weighted by Crippen LogP contribution is -2.33. The molecule has 0 spiro atoms. The van der Waals surface area contributed by atoms with Crippen LogP contribution in [-0.4, -0.2) is 32.0 Å². The number of hydrogen-bond acceptors (Lipinski definition) is 4. The van der Waals surface area contributed by atoms with E-state index in [1.54, 1.807) is 0 Å². The molecule has 2 fully saturated rings. The molecule has 4 nitrogen and oxygen atoms in total. The lowest BCUT2D eigenvalue weighted by atomic mass is 9.81. The van der Waals surface area contributed by atoms with E-state index in [-0.39, 0.29) is 0 Å². The van der Waals surface area contributed by atoms with Crippen molar-refractivity contribution in [2.24, 2.45) is 5.92 Å². The Morgan fingerprint density at radius 2 is 2.05 bits per heavy atom. The Labute approximate surface area is 125 Å². The maximum Gasteiger partial charge on any atom is 0.161 e. The normalized spacial score (nSPS) is 31.4. The van der Waals surface area contributed by atoms with Gasteiger partial charge in [0, 0.05) is 12.0 Å². The lowest BCUT2D eigenvalue weighted by molar-refractivity contribution is 0.0857. The van der Waals surface area contributed by atoms with Gasteiger partial charge in [-0.25, -0.2) is 0 Å². The third-order valence-corrected chi connectivity index (χ3v) is 4.93. The molecule has 0 radical (unpaired) electrons. The maximum absolute atomic E-state index is 6.05. The molecule has 21 heavy (non-hydrogen) atoms. The van der Waals surface area contributed by atoms with Gasteiger partial charge in [0.2, 0.25) is 0 Å². The van der Waals surface area contributed by atoms with Crippen molar-refractivity contribution >= 4 is 0 Å². The molecule has 1 N–H and O–H groups in total. The average Bonchev–Trinajstić information content (AvgIpc) is 3.15. The zero-order valence-electron chi connectivity index (χ0n) is 12.5. The first-order valence-electron chi connectivity index (χ1n) is 8.13. The predicted octanol–water partition coefficient (Wildman–Crippen LogP) is 2.68. The molecule has 0 amide bonds. The summed E-state index contributed by atoms with van der Waals surface area (Å²) in [6.07, 6.45) is 4.53. The summed E-state index contributed by atoms with van der Waals surface area (Å²) >= 11 is 0. The molecular weight excluding hydrogens is 266 g/mol. The van der Waals surface area contributed by atoms with E-state index in [1.165, 1.54) is 24.8 Å². The zero-order valence-corrected chi connectivity index (χ0v) is 12.5. The number of nitrogens with one attached hydrogen (secondary N) is 1. The summed E-state index contributed by atoms with van der Waals surface area (Å²) in [7, 11) is 0. The van der Waals surface area contributed by atoms with Crippen molar-refractivity contribution in [3.05, 3.63) is 23.8 Å². The smallest absolute Gasteiger partial charge is 0.161 e. The molecule has 2 bridgehead atoms. The summed E-state index contributed by atoms with van der Waals surface area (Å²) in [6, 6.07) is 6.71. The number of ether oxygens (including phenoxy) is 3. The molecule has 0 saturated carbocycles. The molecule has 4 heteroatoms. The molecule has 4 atom stereocenters. The molecule has 1 aromatic carbocycles. The molecule has 114 valence electrons.